The fraction of sp³-hybridized carbons (Fsp3) is 0.182. The average Bonchev–Trinajstić information content (AvgIpc) is 2.74. The first kappa shape index (κ1) is 23.1. The fourth-order valence-electron chi connectivity index (χ4n) is 2.95. The van der Waals surface area contributed by atoms with Gasteiger partial charge in [-0.15, -0.1) is 0 Å². The summed E-state index contributed by atoms with van der Waals surface area (Å²) < 4.78 is 72.2. The van der Waals surface area contributed by atoms with Gasteiger partial charge in [-0.3, -0.25) is 4.79 Å². The van der Waals surface area contributed by atoms with Crippen LogP contribution < -0.4 is 10.5 Å². The third kappa shape index (κ3) is 5.58. The van der Waals surface area contributed by atoms with Gasteiger partial charge in [-0.2, -0.15) is 13.2 Å². The minimum Gasteiger partial charge on any atom is -0.480 e. The highest BCUT2D eigenvalue weighted by molar-refractivity contribution is 5.73. The number of benzene rings is 2. The lowest BCUT2D eigenvalue weighted by molar-refractivity contribution is -0.198. The number of carbonyl (C=O) groups is 1. The Morgan fingerprint density at radius 2 is 1.69 bits per heavy atom. The summed E-state index contributed by atoms with van der Waals surface area (Å²) in [5, 5.41) is 8.88. The van der Waals surface area contributed by atoms with E-state index in [1.165, 1.54) is 12.3 Å². The molecule has 0 aliphatic rings. The zero-order valence-electron chi connectivity index (χ0n) is 16.3. The Balaban J connectivity index is 1.84. The number of nitrogens with zero attached hydrogens (tertiary/aromatic N) is 1. The second kappa shape index (κ2) is 9.31. The molecule has 5 nitrogen and oxygen atoms in total. The first-order valence-corrected chi connectivity index (χ1v) is 9.26. The zero-order chi connectivity index (χ0) is 23.5. The Hall–Kier alpha value is -3.53. The molecule has 168 valence electrons. The zero-order valence-corrected chi connectivity index (χ0v) is 16.3. The number of hydrogen-bond donors (Lipinski definition) is 2. The number of halogens is 5. The van der Waals surface area contributed by atoms with Gasteiger partial charge in [0.05, 0.1) is 0 Å². The number of rotatable bonds is 7. The van der Waals surface area contributed by atoms with Crippen molar-refractivity contribution in [2.75, 3.05) is 0 Å². The summed E-state index contributed by atoms with van der Waals surface area (Å²) in [5.41, 5.74) is 6.66. The summed E-state index contributed by atoms with van der Waals surface area (Å²) in [7, 11) is 0. The van der Waals surface area contributed by atoms with E-state index in [0.29, 0.717) is 28.8 Å². The molecule has 0 amide bonds. The van der Waals surface area contributed by atoms with Crippen LogP contribution in [0.1, 0.15) is 17.2 Å². The normalized spacial score (nSPS) is 13.4. The molecule has 0 aliphatic heterocycles. The Kier molecular flexibility index (Phi) is 6.73. The molecule has 0 spiro atoms. The number of aliphatic carboxylic acids is 1. The Labute approximate surface area is 179 Å². The molecule has 2 atom stereocenters. The SMILES string of the molecule is NC(Cc1ccc(-c2ccnc(OC(c3ccc(F)c(F)c3)C(F)(F)F)c2)cc1)C(=O)O. The molecule has 2 unspecified atom stereocenters. The molecule has 0 radical (unpaired) electrons. The fourth-order valence-corrected chi connectivity index (χ4v) is 2.95. The number of aromatic nitrogens is 1. The van der Waals surface area contributed by atoms with Gasteiger partial charge >= 0.3 is 12.1 Å². The average molecular weight is 452 g/mol. The third-order valence-electron chi connectivity index (χ3n) is 4.58. The monoisotopic (exact) mass is 452 g/mol. The van der Waals surface area contributed by atoms with Crippen LogP contribution in [-0.4, -0.2) is 28.3 Å². The van der Waals surface area contributed by atoms with Gasteiger partial charge in [0, 0.05) is 17.8 Å². The van der Waals surface area contributed by atoms with Crippen LogP contribution >= 0.6 is 0 Å². The molecule has 10 heteroatoms. The smallest absolute Gasteiger partial charge is 0.429 e. The van der Waals surface area contributed by atoms with Crippen molar-refractivity contribution in [3.63, 3.8) is 0 Å². The van der Waals surface area contributed by atoms with Crippen molar-refractivity contribution in [1.82, 2.24) is 4.98 Å². The van der Waals surface area contributed by atoms with Gasteiger partial charge in [0.25, 0.3) is 0 Å². The summed E-state index contributed by atoms with van der Waals surface area (Å²) in [6.45, 7) is 0. The topological polar surface area (TPSA) is 85.4 Å². The van der Waals surface area contributed by atoms with Crippen LogP contribution in [0.5, 0.6) is 5.88 Å². The number of pyridine rings is 1. The van der Waals surface area contributed by atoms with E-state index in [0.717, 1.165) is 6.07 Å². The van der Waals surface area contributed by atoms with Crippen molar-refractivity contribution in [3.05, 3.63) is 83.6 Å². The van der Waals surface area contributed by atoms with Crippen molar-refractivity contribution in [2.24, 2.45) is 5.73 Å². The molecule has 3 N–H and O–H groups in total. The summed E-state index contributed by atoms with van der Waals surface area (Å²) in [6, 6.07) is 10.2. The molecule has 3 aromatic rings. The number of hydrogen-bond acceptors (Lipinski definition) is 4. The van der Waals surface area contributed by atoms with Crippen LogP contribution in [0.3, 0.4) is 0 Å². The van der Waals surface area contributed by atoms with Gasteiger partial charge in [0.15, 0.2) is 11.6 Å². The molecule has 32 heavy (non-hydrogen) atoms. The molecule has 0 bridgehead atoms. The standard InChI is InChI=1S/C22H17F5N2O3/c23-16-6-5-15(10-17(16)24)20(22(25,26)27)32-19-11-14(7-8-29-19)13-3-1-12(2-4-13)9-18(28)21(30)31/h1-8,10-11,18,20H,9,28H2,(H,30,31). The first-order valence-electron chi connectivity index (χ1n) is 9.26. The van der Waals surface area contributed by atoms with Gasteiger partial charge in [-0.05, 0) is 41.3 Å². The molecule has 0 saturated heterocycles. The molecular formula is C22H17F5N2O3. The van der Waals surface area contributed by atoms with Crippen LogP contribution in [0.4, 0.5) is 22.0 Å². The lowest BCUT2D eigenvalue weighted by Gasteiger charge is -2.22. The van der Waals surface area contributed by atoms with E-state index in [1.54, 1.807) is 30.3 Å². The molecule has 3 rings (SSSR count). The number of carboxylic acid groups (broad SMARTS) is 1. The van der Waals surface area contributed by atoms with E-state index < -0.39 is 41.5 Å². The van der Waals surface area contributed by atoms with E-state index >= 15 is 0 Å². The molecule has 1 aromatic heterocycles. The van der Waals surface area contributed by atoms with Crippen molar-refractivity contribution < 1.29 is 36.6 Å². The van der Waals surface area contributed by atoms with Crippen LogP contribution in [0.2, 0.25) is 0 Å². The minimum atomic E-state index is -4.91. The van der Waals surface area contributed by atoms with Gasteiger partial charge in [0.1, 0.15) is 6.04 Å². The molecule has 0 fully saturated rings. The summed E-state index contributed by atoms with van der Waals surface area (Å²) >= 11 is 0. The summed E-state index contributed by atoms with van der Waals surface area (Å²) in [5.74, 6) is -4.20. The maximum Gasteiger partial charge on any atom is 0.429 e. The van der Waals surface area contributed by atoms with Crippen LogP contribution in [0.25, 0.3) is 11.1 Å². The molecule has 0 saturated carbocycles. The van der Waals surface area contributed by atoms with E-state index in [-0.39, 0.29) is 12.3 Å². The first-order chi connectivity index (χ1) is 15.0. The van der Waals surface area contributed by atoms with Crippen LogP contribution in [0.15, 0.2) is 60.8 Å². The van der Waals surface area contributed by atoms with Crippen LogP contribution in [-0.2, 0) is 11.2 Å². The van der Waals surface area contributed by atoms with Crippen molar-refractivity contribution >= 4 is 5.97 Å². The number of alkyl halides is 3. The van der Waals surface area contributed by atoms with Gasteiger partial charge in [-0.1, -0.05) is 30.3 Å². The predicted molar refractivity (Wildman–Crippen MR) is 105 cm³/mol. The van der Waals surface area contributed by atoms with Crippen molar-refractivity contribution in [1.29, 1.82) is 0 Å². The predicted octanol–water partition coefficient (Wildman–Crippen LogP) is 4.66. The van der Waals surface area contributed by atoms with E-state index in [1.807, 2.05) is 0 Å². The van der Waals surface area contributed by atoms with Crippen molar-refractivity contribution in [2.45, 2.75) is 24.7 Å². The summed E-state index contributed by atoms with van der Waals surface area (Å²) in [4.78, 5) is 14.6. The highest BCUT2D eigenvalue weighted by Gasteiger charge is 2.43. The minimum absolute atomic E-state index is 0.113. The molecule has 2 aromatic carbocycles. The number of ether oxygens (including phenoxy) is 1. The molecule has 0 aliphatic carbocycles. The van der Waals surface area contributed by atoms with E-state index in [2.05, 4.69) is 4.98 Å². The summed E-state index contributed by atoms with van der Waals surface area (Å²) in [6.07, 6.45) is -6.11. The molecular weight excluding hydrogens is 435 g/mol. The Bertz CT molecular complexity index is 1100. The largest absolute Gasteiger partial charge is 0.480 e. The van der Waals surface area contributed by atoms with Gasteiger partial charge < -0.3 is 15.6 Å². The van der Waals surface area contributed by atoms with E-state index in [4.69, 9.17) is 15.6 Å². The maximum atomic E-state index is 13.5. The lowest BCUT2D eigenvalue weighted by atomic mass is 10.0. The highest BCUT2D eigenvalue weighted by Crippen LogP contribution is 2.37. The second-order valence-corrected chi connectivity index (χ2v) is 6.94. The number of nitrogens with two attached hydrogens (primary N) is 1. The maximum absolute atomic E-state index is 13.5. The number of carboxylic acids is 1. The second-order valence-electron chi connectivity index (χ2n) is 6.94. The lowest BCUT2D eigenvalue weighted by Crippen LogP contribution is -2.32. The quantitative estimate of drug-likeness (QED) is 0.509. The third-order valence-corrected chi connectivity index (χ3v) is 4.58. The van der Waals surface area contributed by atoms with E-state index in [9.17, 15) is 26.7 Å². The van der Waals surface area contributed by atoms with Gasteiger partial charge in [-0.25, -0.2) is 13.8 Å². The van der Waals surface area contributed by atoms with Crippen molar-refractivity contribution in [3.8, 4) is 17.0 Å². The highest BCUT2D eigenvalue weighted by atomic mass is 19.4. The van der Waals surface area contributed by atoms with Crippen LogP contribution in [0, 0.1) is 11.6 Å². The van der Waals surface area contributed by atoms with Gasteiger partial charge in [0.2, 0.25) is 12.0 Å². The molecule has 1 heterocycles. The Morgan fingerprint density at radius 1 is 1.00 bits per heavy atom. The Morgan fingerprint density at radius 3 is 2.28 bits per heavy atom.